The number of aryl methyl sites for hydroxylation is 2. The van der Waals surface area contributed by atoms with E-state index in [1.54, 1.807) is 6.92 Å². The third kappa shape index (κ3) is 5.14. The number of hydrogen-bond donors (Lipinski definition) is 0. The van der Waals surface area contributed by atoms with E-state index in [9.17, 15) is 4.79 Å². The smallest absolute Gasteiger partial charge is 0.129 e. The molecule has 1 rings (SSSR count). The van der Waals surface area contributed by atoms with Crippen LogP contribution >= 0.6 is 0 Å². The average Bonchev–Trinajstić information content (AvgIpc) is 2.23. The van der Waals surface area contributed by atoms with Crippen LogP contribution in [-0.4, -0.2) is 24.3 Å². The molecule has 17 heavy (non-hydrogen) atoms. The van der Waals surface area contributed by atoms with Crippen molar-refractivity contribution in [3.8, 4) is 0 Å². The monoisotopic (exact) mass is 233 g/mol. The first-order valence-corrected chi connectivity index (χ1v) is 6.23. The number of Topliss-reactive ketones (excluding diaryl/α,β-unsaturated/α-hetero) is 1. The molecule has 0 spiro atoms. The van der Waals surface area contributed by atoms with Crippen LogP contribution in [0.15, 0.2) is 18.2 Å². The first kappa shape index (κ1) is 13.9. The molecule has 0 N–H and O–H groups in total. The fraction of sp³-hybridized carbons (Fsp3) is 0.533. The van der Waals surface area contributed by atoms with Crippen molar-refractivity contribution in [1.29, 1.82) is 0 Å². The molecule has 2 heteroatoms. The van der Waals surface area contributed by atoms with Crippen LogP contribution in [0.25, 0.3) is 0 Å². The van der Waals surface area contributed by atoms with E-state index in [1.807, 2.05) is 0 Å². The molecule has 0 aliphatic carbocycles. The highest BCUT2D eigenvalue weighted by Crippen LogP contribution is 2.11. The molecule has 0 radical (unpaired) electrons. The molecular formula is C15H23NO. The van der Waals surface area contributed by atoms with E-state index in [2.05, 4.69) is 44.0 Å². The first-order valence-electron chi connectivity index (χ1n) is 6.23. The minimum atomic E-state index is 0.282. The van der Waals surface area contributed by atoms with E-state index >= 15 is 0 Å². The van der Waals surface area contributed by atoms with Gasteiger partial charge in [-0.25, -0.2) is 0 Å². The Labute approximate surface area is 105 Å². The zero-order valence-corrected chi connectivity index (χ0v) is 11.4. The van der Waals surface area contributed by atoms with Crippen molar-refractivity contribution in [1.82, 2.24) is 4.90 Å². The predicted octanol–water partition coefficient (Wildman–Crippen LogP) is 3.10. The SMILES string of the molecule is CC(=O)CCCN(C)Cc1ccc(C)c(C)c1. The molecule has 1 aromatic rings. The van der Waals surface area contributed by atoms with Crippen molar-refractivity contribution in [3.05, 3.63) is 34.9 Å². The van der Waals surface area contributed by atoms with Crippen LogP contribution < -0.4 is 0 Å². The van der Waals surface area contributed by atoms with Crippen LogP contribution in [0, 0.1) is 13.8 Å². The van der Waals surface area contributed by atoms with Gasteiger partial charge in [0.05, 0.1) is 0 Å². The lowest BCUT2D eigenvalue weighted by Crippen LogP contribution is -2.19. The van der Waals surface area contributed by atoms with Gasteiger partial charge in [-0.1, -0.05) is 18.2 Å². The van der Waals surface area contributed by atoms with E-state index in [4.69, 9.17) is 0 Å². The molecule has 0 bridgehead atoms. The van der Waals surface area contributed by atoms with Crippen molar-refractivity contribution < 1.29 is 4.79 Å². The molecule has 1 aromatic carbocycles. The first-order chi connectivity index (χ1) is 7.99. The van der Waals surface area contributed by atoms with E-state index in [0.717, 1.165) is 19.5 Å². The van der Waals surface area contributed by atoms with Crippen molar-refractivity contribution in [2.24, 2.45) is 0 Å². The van der Waals surface area contributed by atoms with Crippen LogP contribution in [0.3, 0.4) is 0 Å². The summed E-state index contributed by atoms with van der Waals surface area (Å²) in [5, 5.41) is 0. The summed E-state index contributed by atoms with van der Waals surface area (Å²) in [7, 11) is 2.11. The Morgan fingerprint density at radius 1 is 1.24 bits per heavy atom. The van der Waals surface area contributed by atoms with E-state index in [0.29, 0.717) is 6.42 Å². The Morgan fingerprint density at radius 2 is 1.94 bits per heavy atom. The van der Waals surface area contributed by atoms with Gasteiger partial charge in [0.25, 0.3) is 0 Å². The van der Waals surface area contributed by atoms with E-state index in [1.165, 1.54) is 16.7 Å². The van der Waals surface area contributed by atoms with Gasteiger partial charge < -0.3 is 9.69 Å². The highest BCUT2D eigenvalue weighted by Gasteiger charge is 2.02. The van der Waals surface area contributed by atoms with E-state index in [-0.39, 0.29) is 5.78 Å². The zero-order valence-electron chi connectivity index (χ0n) is 11.4. The second kappa shape index (κ2) is 6.55. The maximum atomic E-state index is 10.8. The third-order valence-electron chi connectivity index (χ3n) is 3.09. The van der Waals surface area contributed by atoms with Crippen molar-refractivity contribution in [2.45, 2.75) is 40.2 Å². The summed E-state index contributed by atoms with van der Waals surface area (Å²) >= 11 is 0. The molecule has 94 valence electrons. The maximum Gasteiger partial charge on any atom is 0.129 e. The molecule has 0 fully saturated rings. The molecule has 2 nitrogen and oxygen atoms in total. The van der Waals surface area contributed by atoms with Gasteiger partial charge in [-0.3, -0.25) is 0 Å². The van der Waals surface area contributed by atoms with Crippen molar-refractivity contribution in [3.63, 3.8) is 0 Å². The number of carbonyl (C=O) groups is 1. The summed E-state index contributed by atoms with van der Waals surface area (Å²) in [5.41, 5.74) is 4.03. The Morgan fingerprint density at radius 3 is 2.53 bits per heavy atom. The lowest BCUT2D eigenvalue weighted by atomic mass is 10.1. The summed E-state index contributed by atoms with van der Waals surface area (Å²) < 4.78 is 0. The molecule has 0 unspecified atom stereocenters. The highest BCUT2D eigenvalue weighted by molar-refractivity contribution is 5.75. The van der Waals surface area contributed by atoms with Crippen LogP contribution in [0.1, 0.15) is 36.5 Å². The van der Waals surface area contributed by atoms with Crippen LogP contribution in [0.2, 0.25) is 0 Å². The second-order valence-corrected chi connectivity index (χ2v) is 4.96. The summed E-state index contributed by atoms with van der Waals surface area (Å²) in [6, 6.07) is 6.61. The van der Waals surface area contributed by atoms with Crippen LogP contribution in [0.5, 0.6) is 0 Å². The number of rotatable bonds is 6. The minimum absolute atomic E-state index is 0.282. The topological polar surface area (TPSA) is 20.3 Å². The van der Waals surface area contributed by atoms with Crippen LogP contribution in [-0.2, 0) is 11.3 Å². The molecule has 0 aliphatic rings. The van der Waals surface area contributed by atoms with Gasteiger partial charge in [0, 0.05) is 13.0 Å². The van der Waals surface area contributed by atoms with Gasteiger partial charge in [-0.2, -0.15) is 0 Å². The summed E-state index contributed by atoms with van der Waals surface area (Å²) in [4.78, 5) is 13.1. The quantitative estimate of drug-likeness (QED) is 0.752. The number of carbonyl (C=O) groups excluding carboxylic acids is 1. The molecule has 0 aliphatic heterocycles. The fourth-order valence-corrected chi connectivity index (χ4v) is 1.89. The molecule has 0 atom stereocenters. The average molecular weight is 233 g/mol. The lowest BCUT2D eigenvalue weighted by molar-refractivity contribution is -0.117. The molecule has 0 heterocycles. The molecule has 0 saturated heterocycles. The van der Waals surface area contributed by atoms with Gasteiger partial charge >= 0.3 is 0 Å². The maximum absolute atomic E-state index is 10.8. The van der Waals surface area contributed by atoms with Gasteiger partial charge in [-0.15, -0.1) is 0 Å². The molecule has 0 saturated carbocycles. The Kier molecular flexibility index (Phi) is 5.36. The Hall–Kier alpha value is -1.15. The van der Waals surface area contributed by atoms with Crippen molar-refractivity contribution in [2.75, 3.05) is 13.6 Å². The molecular weight excluding hydrogens is 210 g/mol. The van der Waals surface area contributed by atoms with Gasteiger partial charge in [0.1, 0.15) is 5.78 Å². The normalized spacial score (nSPS) is 10.9. The Balaban J connectivity index is 2.42. The molecule has 0 aromatic heterocycles. The fourth-order valence-electron chi connectivity index (χ4n) is 1.89. The van der Waals surface area contributed by atoms with E-state index < -0.39 is 0 Å². The van der Waals surface area contributed by atoms with Gasteiger partial charge in [-0.05, 0) is 57.5 Å². The van der Waals surface area contributed by atoms with Crippen molar-refractivity contribution >= 4 is 5.78 Å². The second-order valence-electron chi connectivity index (χ2n) is 4.96. The lowest BCUT2D eigenvalue weighted by Gasteiger charge is -2.17. The highest BCUT2D eigenvalue weighted by atomic mass is 16.1. The number of benzene rings is 1. The number of nitrogens with zero attached hydrogens (tertiary/aromatic N) is 1. The summed E-state index contributed by atoms with van der Waals surface area (Å²) in [5.74, 6) is 0.282. The Bertz CT molecular complexity index is 385. The predicted molar refractivity (Wildman–Crippen MR) is 72.2 cm³/mol. The van der Waals surface area contributed by atoms with Crippen LogP contribution in [0.4, 0.5) is 0 Å². The largest absolute Gasteiger partial charge is 0.302 e. The standard InChI is InChI=1S/C15H23NO/c1-12-7-8-15(10-13(12)2)11-16(4)9-5-6-14(3)17/h7-8,10H,5-6,9,11H2,1-4H3. The zero-order chi connectivity index (χ0) is 12.8. The van der Waals surface area contributed by atoms with Gasteiger partial charge in [0.15, 0.2) is 0 Å². The third-order valence-corrected chi connectivity index (χ3v) is 3.09. The summed E-state index contributed by atoms with van der Waals surface area (Å²) in [6.07, 6.45) is 1.65. The number of hydrogen-bond acceptors (Lipinski definition) is 2. The van der Waals surface area contributed by atoms with Gasteiger partial charge in [0.2, 0.25) is 0 Å². The molecule has 0 amide bonds. The minimum Gasteiger partial charge on any atom is -0.302 e. The number of ketones is 1. The summed E-state index contributed by atoms with van der Waals surface area (Å²) in [6.45, 7) is 7.87.